The van der Waals surface area contributed by atoms with E-state index in [1.54, 1.807) is 23.1 Å². The summed E-state index contributed by atoms with van der Waals surface area (Å²) in [5, 5.41) is 3.07. The standard InChI is InChI=1S/C31H43N3O7S/c1-6-9-21(34(20(2)35)22-12-14-23(15-13-22)42(5,38)39)10-7-8-11-28(36)33-30-25-17-19-27(40-3)29(31(37)41-4)24(25)16-18-26(30)32/h12-15,17,19,21,26,30H,6-11,16,18,32H2,1-5H3,(H,33,36)/t21-,26?,30?/m0/s1. The number of nitrogens with zero attached hydrogens (tertiary/aromatic N) is 1. The molecule has 3 atom stereocenters. The lowest BCUT2D eigenvalue weighted by Gasteiger charge is -2.33. The van der Waals surface area contributed by atoms with Crippen molar-refractivity contribution in [2.45, 2.75) is 88.2 Å². The normalized spacial score (nSPS) is 17.1. The maximum Gasteiger partial charge on any atom is 0.341 e. The number of amides is 2. The number of nitrogens with two attached hydrogens (primary N) is 1. The van der Waals surface area contributed by atoms with Gasteiger partial charge in [0.25, 0.3) is 0 Å². The minimum Gasteiger partial charge on any atom is -0.496 e. The van der Waals surface area contributed by atoms with Crippen molar-refractivity contribution in [3.63, 3.8) is 0 Å². The van der Waals surface area contributed by atoms with E-state index in [9.17, 15) is 22.8 Å². The molecule has 0 aromatic heterocycles. The number of unbranched alkanes of at least 4 members (excludes halogenated alkanes) is 1. The fourth-order valence-electron chi connectivity index (χ4n) is 5.74. The highest BCUT2D eigenvalue weighted by Gasteiger charge is 2.33. The van der Waals surface area contributed by atoms with Crippen molar-refractivity contribution >= 4 is 33.3 Å². The van der Waals surface area contributed by atoms with Gasteiger partial charge >= 0.3 is 5.97 Å². The lowest BCUT2D eigenvalue weighted by molar-refractivity contribution is -0.122. The molecule has 0 spiro atoms. The molecular weight excluding hydrogens is 558 g/mol. The molecule has 1 aliphatic rings. The van der Waals surface area contributed by atoms with Crippen LogP contribution in [0.5, 0.6) is 5.75 Å². The molecule has 3 rings (SSSR count). The van der Waals surface area contributed by atoms with Gasteiger partial charge in [0.05, 0.1) is 25.2 Å². The first kappa shape index (κ1) is 33.1. The number of carbonyl (C=O) groups excluding carboxylic acids is 3. The Morgan fingerprint density at radius 3 is 2.33 bits per heavy atom. The van der Waals surface area contributed by atoms with Crippen LogP contribution in [0.4, 0.5) is 5.69 Å². The summed E-state index contributed by atoms with van der Waals surface area (Å²) >= 11 is 0. The molecule has 2 amide bonds. The highest BCUT2D eigenvalue weighted by atomic mass is 32.2. The summed E-state index contributed by atoms with van der Waals surface area (Å²) in [6, 6.07) is 9.10. The number of benzene rings is 2. The predicted molar refractivity (Wildman–Crippen MR) is 161 cm³/mol. The minimum absolute atomic E-state index is 0.0787. The zero-order chi connectivity index (χ0) is 31.0. The number of ether oxygens (including phenoxy) is 2. The summed E-state index contributed by atoms with van der Waals surface area (Å²) in [4.78, 5) is 40.1. The maximum absolute atomic E-state index is 13.0. The van der Waals surface area contributed by atoms with Gasteiger partial charge in [0.15, 0.2) is 9.84 Å². The molecule has 0 fully saturated rings. The number of sulfone groups is 1. The first-order chi connectivity index (χ1) is 19.9. The van der Waals surface area contributed by atoms with Crippen molar-refractivity contribution in [1.82, 2.24) is 5.32 Å². The number of hydrogen-bond acceptors (Lipinski definition) is 8. The number of rotatable bonds is 13. The summed E-state index contributed by atoms with van der Waals surface area (Å²) in [6.45, 7) is 3.56. The topological polar surface area (TPSA) is 145 Å². The first-order valence-corrected chi connectivity index (χ1v) is 16.2. The Hall–Kier alpha value is -3.44. The van der Waals surface area contributed by atoms with E-state index in [-0.39, 0.29) is 28.8 Å². The Kier molecular flexibility index (Phi) is 11.5. The Morgan fingerprint density at radius 2 is 1.76 bits per heavy atom. The molecule has 1 aliphatic carbocycles. The molecule has 0 saturated carbocycles. The molecule has 11 heteroatoms. The van der Waals surface area contributed by atoms with Crippen LogP contribution in [0.15, 0.2) is 41.3 Å². The molecule has 0 bridgehead atoms. The van der Waals surface area contributed by atoms with E-state index in [1.807, 2.05) is 6.07 Å². The highest BCUT2D eigenvalue weighted by Crippen LogP contribution is 2.36. The Morgan fingerprint density at radius 1 is 1.07 bits per heavy atom. The number of anilines is 1. The van der Waals surface area contributed by atoms with Gasteiger partial charge in [-0.25, -0.2) is 13.2 Å². The highest BCUT2D eigenvalue weighted by molar-refractivity contribution is 7.90. The zero-order valence-electron chi connectivity index (χ0n) is 25.1. The van der Waals surface area contributed by atoms with E-state index in [0.717, 1.165) is 36.6 Å². The van der Waals surface area contributed by atoms with Crippen LogP contribution in [0.3, 0.4) is 0 Å². The Labute approximate surface area is 248 Å². The van der Waals surface area contributed by atoms with Crippen molar-refractivity contribution in [2.75, 3.05) is 25.4 Å². The third kappa shape index (κ3) is 7.89. The molecule has 230 valence electrons. The molecule has 2 aromatic rings. The van der Waals surface area contributed by atoms with Crippen molar-refractivity contribution in [1.29, 1.82) is 0 Å². The average Bonchev–Trinajstić information content (AvgIpc) is 2.95. The molecule has 2 unspecified atom stereocenters. The fraction of sp³-hybridized carbons (Fsp3) is 0.516. The van der Waals surface area contributed by atoms with Crippen LogP contribution >= 0.6 is 0 Å². The number of carbonyl (C=O) groups is 3. The van der Waals surface area contributed by atoms with E-state index in [0.29, 0.717) is 49.1 Å². The van der Waals surface area contributed by atoms with E-state index in [2.05, 4.69) is 12.2 Å². The van der Waals surface area contributed by atoms with Crippen LogP contribution in [-0.2, 0) is 30.6 Å². The summed E-state index contributed by atoms with van der Waals surface area (Å²) in [5.41, 5.74) is 9.01. The summed E-state index contributed by atoms with van der Waals surface area (Å²) in [6.07, 6.45) is 6.30. The van der Waals surface area contributed by atoms with Gasteiger partial charge in [-0.3, -0.25) is 9.59 Å². The van der Waals surface area contributed by atoms with Gasteiger partial charge < -0.3 is 25.4 Å². The van der Waals surface area contributed by atoms with E-state index in [1.165, 1.54) is 33.3 Å². The van der Waals surface area contributed by atoms with Gasteiger partial charge in [-0.05, 0) is 73.6 Å². The maximum atomic E-state index is 13.0. The van der Waals surface area contributed by atoms with Crippen molar-refractivity contribution in [3.05, 3.63) is 53.1 Å². The van der Waals surface area contributed by atoms with Crippen LogP contribution in [0.2, 0.25) is 0 Å². The molecular formula is C31H43N3O7S. The number of esters is 1. The Balaban J connectivity index is 1.65. The van der Waals surface area contributed by atoms with E-state index in [4.69, 9.17) is 15.2 Å². The molecule has 0 aliphatic heterocycles. The number of hydrogen-bond donors (Lipinski definition) is 2. The van der Waals surface area contributed by atoms with Crippen LogP contribution in [0, 0.1) is 0 Å². The average molecular weight is 602 g/mol. The van der Waals surface area contributed by atoms with Gasteiger partial charge in [-0.15, -0.1) is 0 Å². The van der Waals surface area contributed by atoms with Gasteiger partial charge in [0, 0.05) is 37.4 Å². The zero-order valence-corrected chi connectivity index (χ0v) is 26.0. The quantitative estimate of drug-likeness (QED) is 0.258. The van der Waals surface area contributed by atoms with E-state index < -0.39 is 21.8 Å². The molecule has 0 heterocycles. The molecule has 10 nitrogen and oxygen atoms in total. The Bertz CT molecular complexity index is 1380. The summed E-state index contributed by atoms with van der Waals surface area (Å²) < 4.78 is 34.1. The minimum atomic E-state index is -3.34. The molecule has 0 radical (unpaired) electrons. The third-order valence-corrected chi connectivity index (χ3v) is 8.92. The first-order valence-electron chi connectivity index (χ1n) is 14.4. The molecule has 42 heavy (non-hydrogen) atoms. The summed E-state index contributed by atoms with van der Waals surface area (Å²) in [5.74, 6) is -0.317. The number of nitrogens with one attached hydrogen (secondary N) is 1. The van der Waals surface area contributed by atoms with Gasteiger partial charge in [0.1, 0.15) is 11.3 Å². The largest absolute Gasteiger partial charge is 0.496 e. The monoisotopic (exact) mass is 601 g/mol. The van der Waals surface area contributed by atoms with Crippen LogP contribution in [0.25, 0.3) is 0 Å². The lowest BCUT2D eigenvalue weighted by atomic mass is 9.81. The van der Waals surface area contributed by atoms with Crippen molar-refractivity contribution in [3.8, 4) is 5.75 Å². The number of fused-ring (bicyclic) bond motifs is 1. The second kappa shape index (κ2) is 14.6. The smallest absolute Gasteiger partial charge is 0.341 e. The molecule has 3 N–H and O–H groups in total. The fourth-order valence-corrected chi connectivity index (χ4v) is 6.37. The van der Waals surface area contributed by atoms with Gasteiger partial charge in [0.2, 0.25) is 11.8 Å². The molecule has 0 saturated heterocycles. The van der Waals surface area contributed by atoms with Crippen LogP contribution in [0.1, 0.15) is 86.3 Å². The van der Waals surface area contributed by atoms with Gasteiger partial charge in [-0.1, -0.05) is 25.8 Å². The third-order valence-electron chi connectivity index (χ3n) is 7.79. The van der Waals surface area contributed by atoms with Crippen LogP contribution < -0.4 is 20.7 Å². The van der Waals surface area contributed by atoms with Crippen molar-refractivity contribution in [2.24, 2.45) is 5.73 Å². The lowest BCUT2D eigenvalue weighted by Crippen LogP contribution is -2.44. The van der Waals surface area contributed by atoms with Gasteiger partial charge in [-0.2, -0.15) is 0 Å². The van der Waals surface area contributed by atoms with E-state index >= 15 is 0 Å². The van der Waals surface area contributed by atoms with Crippen LogP contribution in [-0.4, -0.2) is 58.8 Å². The summed E-state index contributed by atoms with van der Waals surface area (Å²) in [7, 11) is -0.517. The SMILES string of the molecule is CCC[C@@H](CCCCC(=O)NC1c2ccc(OC)c(C(=O)OC)c2CCC1N)N(C(C)=O)c1ccc(S(C)(=O)=O)cc1. The number of methoxy groups -OCH3 is 2. The predicted octanol–water partition coefficient (Wildman–Crippen LogP) is 4.10. The second-order valence-corrected chi connectivity index (χ2v) is 12.8. The molecule has 2 aromatic carbocycles. The second-order valence-electron chi connectivity index (χ2n) is 10.8. The van der Waals surface area contributed by atoms with Crippen molar-refractivity contribution < 1.29 is 32.3 Å².